The molecule has 1 amide bonds. The zero-order valence-corrected chi connectivity index (χ0v) is 9.24. The summed E-state index contributed by atoms with van der Waals surface area (Å²) in [4.78, 5) is 11.5. The van der Waals surface area contributed by atoms with Gasteiger partial charge in [-0.3, -0.25) is 4.79 Å². The number of nitrogens with two attached hydrogens (primary N) is 1. The van der Waals surface area contributed by atoms with Crippen molar-refractivity contribution in [3.63, 3.8) is 0 Å². The predicted molar refractivity (Wildman–Crippen MR) is 59.6 cm³/mol. The summed E-state index contributed by atoms with van der Waals surface area (Å²) in [6.07, 6.45) is -0.829. The van der Waals surface area contributed by atoms with Crippen molar-refractivity contribution in [3.8, 4) is 6.07 Å². The molecule has 0 spiro atoms. The number of nitriles is 1. The van der Waals surface area contributed by atoms with Crippen LogP contribution < -0.4 is 11.1 Å². The summed E-state index contributed by atoms with van der Waals surface area (Å²) >= 11 is 0. The molecule has 6 heteroatoms. The number of carbonyl (C=O) groups excluding carboxylic acids is 1. The summed E-state index contributed by atoms with van der Waals surface area (Å²) in [6, 6.07) is 5.56. The van der Waals surface area contributed by atoms with Crippen LogP contribution in [0.5, 0.6) is 0 Å². The van der Waals surface area contributed by atoms with Gasteiger partial charge < -0.3 is 15.8 Å². The minimum atomic E-state index is -0.829. The van der Waals surface area contributed by atoms with E-state index in [0.717, 1.165) is 6.07 Å². The normalized spacial score (nSPS) is 11.6. The van der Waals surface area contributed by atoms with E-state index < -0.39 is 17.8 Å². The largest absolute Gasteiger partial charge is 0.370 e. The summed E-state index contributed by atoms with van der Waals surface area (Å²) in [6.45, 7) is 0.000230. The van der Waals surface area contributed by atoms with Crippen LogP contribution in [0.15, 0.2) is 18.2 Å². The molecule has 5 nitrogen and oxygen atoms in total. The fourth-order valence-corrected chi connectivity index (χ4v) is 1.21. The average Bonchev–Trinajstić information content (AvgIpc) is 2.33. The lowest BCUT2D eigenvalue weighted by atomic mass is 10.2. The van der Waals surface area contributed by atoms with Crippen molar-refractivity contribution in [1.82, 2.24) is 0 Å². The van der Waals surface area contributed by atoms with Crippen LogP contribution in [-0.2, 0) is 9.53 Å². The first-order chi connectivity index (χ1) is 8.12. The Labute approximate surface area is 98.0 Å². The number of hydrogen-bond acceptors (Lipinski definition) is 4. The Balaban J connectivity index is 2.82. The maximum Gasteiger partial charge on any atom is 0.254 e. The summed E-state index contributed by atoms with van der Waals surface area (Å²) < 4.78 is 18.2. The van der Waals surface area contributed by atoms with Crippen LogP contribution >= 0.6 is 0 Å². The molecule has 90 valence electrons. The fourth-order valence-electron chi connectivity index (χ4n) is 1.21. The number of anilines is 1. The lowest BCUT2D eigenvalue weighted by Gasteiger charge is -2.13. The topological polar surface area (TPSA) is 88.1 Å². The third-order valence-corrected chi connectivity index (χ3v) is 2.15. The van der Waals surface area contributed by atoms with E-state index in [1.54, 1.807) is 6.07 Å². The number of ether oxygens (including phenoxy) is 1. The van der Waals surface area contributed by atoms with Gasteiger partial charge in [-0.05, 0) is 18.2 Å². The van der Waals surface area contributed by atoms with Crippen LogP contribution in [0.2, 0.25) is 0 Å². The molecule has 1 aromatic carbocycles. The Morgan fingerprint density at radius 2 is 2.41 bits per heavy atom. The van der Waals surface area contributed by atoms with E-state index in [2.05, 4.69) is 5.32 Å². The van der Waals surface area contributed by atoms with Gasteiger partial charge in [-0.1, -0.05) is 0 Å². The van der Waals surface area contributed by atoms with Gasteiger partial charge in [0.05, 0.1) is 17.3 Å². The lowest BCUT2D eigenvalue weighted by Crippen LogP contribution is -2.36. The molecule has 0 bridgehead atoms. The molecule has 1 atom stereocenters. The Hall–Kier alpha value is -1.97. The number of nitrogens with one attached hydrogen (secondary N) is 1. The Morgan fingerprint density at radius 1 is 1.71 bits per heavy atom. The first-order valence-corrected chi connectivity index (χ1v) is 4.85. The van der Waals surface area contributed by atoms with Gasteiger partial charge in [0.1, 0.15) is 11.9 Å². The minimum absolute atomic E-state index is 0.000230. The highest BCUT2D eigenvalue weighted by Crippen LogP contribution is 2.15. The lowest BCUT2D eigenvalue weighted by molar-refractivity contribution is -0.125. The predicted octanol–water partition coefficient (Wildman–Crippen LogP) is 0.610. The van der Waals surface area contributed by atoms with Crippen molar-refractivity contribution in [2.45, 2.75) is 6.10 Å². The quantitative estimate of drug-likeness (QED) is 0.803. The monoisotopic (exact) mass is 237 g/mol. The van der Waals surface area contributed by atoms with Crippen molar-refractivity contribution < 1.29 is 13.9 Å². The molecule has 1 aromatic rings. The molecule has 0 saturated heterocycles. The van der Waals surface area contributed by atoms with Gasteiger partial charge in [-0.15, -0.1) is 0 Å². The van der Waals surface area contributed by atoms with Gasteiger partial charge in [-0.2, -0.15) is 5.26 Å². The summed E-state index contributed by atoms with van der Waals surface area (Å²) in [7, 11) is 1.34. The van der Waals surface area contributed by atoms with Crippen LogP contribution in [0.1, 0.15) is 5.56 Å². The first kappa shape index (κ1) is 13.1. The van der Waals surface area contributed by atoms with Crippen LogP contribution in [-0.4, -0.2) is 25.7 Å². The summed E-state index contributed by atoms with van der Waals surface area (Å²) in [5.41, 5.74) is 5.47. The fraction of sp³-hybridized carbons (Fsp3) is 0.273. The molecule has 3 N–H and O–H groups in total. The van der Waals surface area contributed by atoms with Gasteiger partial charge in [0.25, 0.3) is 5.91 Å². The second-order valence-electron chi connectivity index (χ2n) is 3.26. The maximum absolute atomic E-state index is 13.4. The van der Waals surface area contributed by atoms with Crippen LogP contribution in [0.3, 0.4) is 0 Å². The number of amides is 1. The third-order valence-electron chi connectivity index (χ3n) is 2.15. The van der Waals surface area contributed by atoms with Gasteiger partial charge in [0.15, 0.2) is 0 Å². The van der Waals surface area contributed by atoms with Gasteiger partial charge >= 0.3 is 0 Å². The molecule has 1 rings (SSSR count). The average molecular weight is 237 g/mol. The third kappa shape index (κ3) is 3.24. The van der Waals surface area contributed by atoms with Gasteiger partial charge in [0, 0.05) is 13.7 Å². The van der Waals surface area contributed by atoms with Crippen LogP contribution in [0.4, 0.5) is 10.1 Å². The van der Waals surface area contributed by atoms with Gasteiger partial charge in [-0.25, -0.2) is 4.39 Å². The second-order valence-corrected chi connectivity index (χ2v) is 3.26. The van der Waals surface area contributed by atoms with E-state index in [9.17, 15) is 9.18 Å². The number of halogens is 1. The van der Waals surface area contributed by atoms with Crippen LogP contribution in [0.25, 0.3) is 0 Å². The van der Waals surface area contributed by atoms with E-state index >= 15 is 0 Å². The molecule has 0 aliphatic carbocycles. The van der Waals surface area contributed by atoms with E-state index in [1.807, 2.05) is 0 Å². The molecule has 0 saturated carbocycles. The number of hydrogen-bond donors (Lipinski definition) is 2. The maximum atomic E-state index is 13.4. The zero-order chi connectivity index (χ0) is 12.8. The highest BCUT2D eigenvalue weighted by atomic mass is 19.1. The number of methoxy groups -OCH3 is 1. The Morgan fingerprint density at radius 3 is 2.88 bits per heavy atom. The zero-order valence-electron chi connectivity index (χ0n) is 9.24. The molecule has 0 fully saturated rings. The highest BCUT2D eigenvalue weighted by molar-refractivity contribution is 5.94. The molecule has 0 aliphatic rings. The molecular weight excluding hydrogens is 225 g/mol. The van der Waals surface area contributed by atoms with Gasteiger partial charge in [0.2, 0.25) is 0 Å². The Kier molecular flexibility index (Phi) is 4.57. The first-order valence-electron chi connectivity index (χ1n) is 4.85. The van der Waals surface area contributed by atoms with Crippen molar-refractivity contribution >= 4 is 11.6 Å². The summed E-state index contributed by atoms with van der Waals surface area (Å²) in [5, 5.41) is 10.9. The summed E-state index contributed by atoms with van der Waals surface area (Å²) in [5.74, 6) is -1.21. The van der Waals surface area contributed by atoms with E-state index in [-0.39, 0.29) is 17.8 Å². The number of benzene rings is 1. The van der Waals surface area contributed by atoms with Crippen molar-refractivity contribution in [2.24, 2.45) is 5.73 Å². The SMILES string of the molecule is COC(CN)C(=O)Nc1ccc(C#N)cc1F. The molecular formula is C11H12FN3O2. The molecule has 17 heavy (non-hydrogen) atoms. The second kappa shape index (κ2) is 5.94. The molecule has 0 aliphatic heterocycles. The minimum Gasteiger partial charge on any atom is -0.370 e. The molecule has 1 unspecified atom stereocenters. The molecule has 0 aromatic heterocycles. The van der Waals surface area contributed by atoms with Crippen LogP contribution in [0, 0.1) is 17.1 Å². The van der Waals surface area contributed by atoms with Crippen molar-refractivity contribution in [2.75, 3.05) is 19.0 Å². The van der Waals surface area contributed by atoms with E-state index in [4.69, 9.17) is 15.7 Å². The van der Waals surface area contributed by atoms with Crippen molar-refractivity contribution in [3.05, 3.63) is 29.6 Å². The Bertz CT molecular complexity index is 453. The molecule has 0 radical (unpaired) electrons. The smallest absolute Gasteiger partial charge is 0.254 e. The highest BCUT2D eigenvalue weighted by Gasteiger charge is 2.17. The van der Waals surface area contributed by atoms with E-state index in [1.165, 1.54) is 19.2 Å². The standard InChI is InChI=1S/C11H12FN3O2/c1-17-10(6-14)11(16)15-9-3-2-7(5-13)4-8(9)12/h2-4,10H,6,14H2,1H3,(H,15,16). The number of nitrogens with zero attached hydrogens (tertiary/aromatic N) is 1. The number of carbonyl (C=O) groups is 1. The molecule has 0 heterocycles. The number of rotatable bonds is 4. The van der Waals surface area contributed by atoms with Crippen molar-refractivity contribution in [1.29, 1.82) is 5.26 Å². The van der Waals surface area contributed by atoms with E-state index in [0.29, 0.717) is 0 Å².